The van der Waals surface area contributed by atoms with Crippen LogP contribution in [0.2, 0.25) is 0 Å². The zero-order chi connectivity index (χ0) is 17.5. The largest absolute Gasteiger partial charge is 0.457 e. The lowest BCUT2D eigenvalue weighted by atomic mass is 10.1. The normalized spacial score (nSPS) is 10.7. The van der Waals surface area contributed by atoms with Crippen LogP contribution in [0.1, 0.15) is 25.0 Å². The van der Waals surface area contributed by atoms with Crippen LogP contribution in [0.4, 0.5) is 5.69 Å². The highest BCUT2D eigenvalue weighted by Crippen LogP contribution is 2.29. The highest BCUT2D eigenvalue weighted by atomic mass is 16.5. The number of rotatable bonds is 7. The van der Waals surface area contributed by atoms with Crippen LogP contribution in [-0.4, -0.2) is 30.4 Å². The minimum absolute atomic E-state index is 0.0154. The number of aryl methyl sites for hydroxylation is 2. The molecular weight excluding hydrogens is 300 g/mol. The van der Waals surface area contributed by atoms with Gasteiger partial charge in [-0.15, -0.1) is 0 Å². The van der Waals surface area contributed by atoms with Crippen LogP contribution in [0.25, 0.3) is 0 Å². The first-order valence-electron chi connectivity index (χ1n) is 8.39. The summed E-state index contributed by atoms with van der Waals surface area (Å²) in [5, 5.41) is 3.03. The van der Waals surface area contributed by atoms with Crippen molar-refractivity contribution in [1.82, 2.24) is 4.90 Å². The van der Waals surface area contributed by atoms with E-state index in [4.69, 9.17) is 4.74 Å². The van der Waals surface area contributed by atoms with Crippen LogP contribution < -0.4 is 10.1 Å². The number of benzene rings is 2. The fraction of sp³-hybridized carbons (Fsp3) is 0.350. The standard InChI is InChI=1S/C20H26N2O2/c1-5-22(6-2)14-19(23)21-20-15(3)12-18(13-16(20)4)24-17-10-8-7-9-11-17/h7-13H,5-6,14H2,1-4H3,(H,21,23). The van der Waals surface area contributed by atoms with Gasteiger partial charge >= 0.3 is 0 Å². The predicted octanol–water partition coefficient (Wildman–Crippen LogP) is 4.38. The van der Waals surface area contributed by atoms with Gasteiger partial charge in [0.1, 0.15) is 11.5 Å². The van der Waals surface area contributed by atoms with Crippen molar-refractivity contribution in [2.75, 3.05) is 25.0 Å². The Morgan fingerprint density at radius 3 is 2.12 bits per heavy atom. The van der Waals surface area contributed by atoms with Gasteiger partial charge in [-0.05, 0) is 62.3 Å². The predicted molar refractivity (Wildman–Crippen MR) is 98.8 cm³/mol. The van der Waals surface area contributed by atoms with Gasteiger partial charge in [0.25, 0.3) is 0 Å². The first kappa shape index (κ1) is 18.0. The first-order valence-corrected chi connectivity index (χ1v) is 8.39. The van der Waals surface area contributed by atoms with E-state index in [1.54, 1.807) is 0 Å². The van der Waals surface area contributed by atoms with Gasteiger partial charge in [0, 0.05) is 5.69 Å². The van der Waals surface area contributed by atoms with Crippen molar-refractivity contribution >= 4 is 11.6 Å². The Hall–Kier alpha value is -2.33. The molecule has 0 aromatic heterocycles. The number of anilines is 1. The van der Waals surface area contributed by atoms with E-state index >= 15 is 0 Å². The lowest BCUT2D eigenvalue weighted by Crippen LogP contribution is -2.33. The number of carbonyl (C=O) groups is 1. The van der Waals surface area contributed by atoms with Crippen molar-refractivity contribution in [2.45, 2.75) is 27.7 Å². The third kappa shape index (κ3) is 4.83. The molecule has 1 N–H and O–H groups in total. The minimum Gasteiger partial charge on any atom is -0.457 e. The Morgan fingerprint density at radius 2 is 1.58 bits per heavy atom. The average molecular weight is 326 g/mol. The van der Waals surface area contributed by atoms with Crippen molar-refractivity contribution in [3.8, 4) is 11.5 Å². The van der Waals surface area contributed by atoms with E-state index in [0.717, 1.165) is 41.4 Å². The van der Waals surface area contributed by atoms with Crippen molar-refractivity contribution in [3.63, 3.8) is 0 Å². The number of hydrogen-bond acceptors (Lipinski definition) is 3. The minimum atomic E-state index is 0.0154. The summed E-state index contributed by atoms with van der Waals surface area (Å²) in [5.41, 5.74) is 2.86. The molecule has 2 aromatic rings. The Bertz CT molecular complexity index is 656. The van der Waals surface area contributed by atoms with Crippen molar-refractivity contribution < 1.29 is 9.53 Å². The summed E-state index contributed by atoms with van der Waals surface area (Å²) in [7, 11) is 0. The highest BCUT2D eigenvalue weighted by Gasteiger charge is 2.12. The maximum Gasteiger partial charge on any atom is 0.238 e. The summed E-state index contributed by atoms with van der Waals surface area (Å²) in [4.78, 5) is 14.3. The monoisotopic (exact) mass is 326 g/mol. The number of ether oxygens (including phenoxy) is 1. The van der Waals surface area contributed by atoms with E-state index in [9.17, 15) is 4.79 Å². The molecule has 0 atom stereocenters. The first-order chi connectivity index (χ1) is 11.5. The molecule has 0 spiro atoms. The van der Waals surface area contributed by atoms with Gasteiger partial charge in [-0.25, -0.2) is 0 Å². The van der Waals surface area contributed by atoms with E-state index in [-0.39, 0.29) is 5.91 Å². The Balaban J connectivity index is 2.11. The number of carbonyl (C=O) groups excluding carboxylic acids is 1. The number of para-hydroxylation sites is 1. The molecule has 2 aromatic carbocycles. The van der Waals surface area contributed by atoms with E-state index in [2.05, 4.69) is 24.1 Å². The second-order valence-electron chi connectivity index (χ2n) is 5.86. The zero-order valence-corrected chi connectivity index (χ0v) is 14.9. The summed E-state index contributed by atoms with van der Waals surface area (Å²) in [6.45, 7) is 10.2. The molecule has 4 nitrogen and oxygen atoms in total. The molecule has 4 heteroatoms. The Morgan fingerprint density at radius 1 is 1.00 bits per heavy atom. The van der Waals surface area contributed by atoms with Gasteiger partial charge < -0.3 is 10.1 Å². The van der Waals surface area contributed by atoms with E-state index in [1.165, 1.54) is 0 Å². The number of amides is 1. The second-order valence-corrected chi connectivity index (χ2v) is 5.86. The van der Waals surface area contributed by atoms with Gasteiger partial charge in [-0.2, -0.15) is 0 Å². The van der Waals surface area contributed by atoms with E-state index in [0.29, 0.717) is 6.54 Å². The molecule has 0 aliphatic carbocycles. The molecule has 0 aliphatic rings. The number of hydrogen-bond donors (Lipinski definition) is 1. The van der Waals surface area contributed by atoms with Gasteiger partial charge in [-0.3, -0.25) is 9.69 Å². The highest BCUT2D eigenvalue weighted by molar-refractivity contribution is 5.93. The number of nitrogens with one attached hydrogen (secondary N) is 1. The molecule has 0 unspecified atom stereocenters. The maximum atomic E-state index is 12.2. The molecule has 1 amide bonds. The molecule has 0 saturated heterocycles. The Kier molecular flexibility index (Phi) is 6.38. The van der Waals surface area contributed by atoms with Gasteiger partial charge in [0.15, 0.2) is 0 Å². The average Bonchev–Trinajstić information content (AvgIpc) is 2.57. The SMILES string of the molecule is CCN(CC)CC(=O)Nc1c(C)cc(Oc2ccccc2)cc1C. The molecule has 24 heavy (non-hydrogen) atoms. The molecule has 0 saturated carbocycles. The van der Waals surface area contributed by atoms with Gasteiger partial charge in [0.2, 0.25) is 5.91 Å². The van der Waals surface area contributed by atoms with Crippen LogP contribution in [0.5, 0.6) is 11.5 Å². The van der Waals surface area contributed by atoms with E-state index < -0.39 is 0 Å². The molecule has 0 fully saturated rings. The molecule has 0 heterocycles. The number of likely N-dealkylation sites (N-methyl/N-ethyl adjacent to an activating group) is 1. The summed E-state index contributed by atoms with van der Waals surface area (Å²) in [6, 6.07) is 13.6. The zero-order valence-electron chi connectivity index (χ0n) is 14.9. The lowest BCUT2D eigenvalue weighted by Gasteiger charge is -2.19. The lowest BCUT2D eigenvalue weighted by molar-refractivity contribution is -0.117. The van der Waals surface area contributed by atoms with Crippen LogP contribution in [0.3, 0.4) is 0 Å². The molecule has 0 radical (unpaired) electrons. The van der Waals surface area contributed by atoms with Crippen molar-refractivity contribution in [3.05, 3.63) is 53.6 Å². The van der Waals surface area contributed by atoms with Crippen LogP contribution in [0, 0.1) is 13.8 Å². The molecule has 128 valence electrons. The van der Waals surface area contributed by atoms with E-state index in [1.807, 2.05) is 56.3 Å². The third-order valence-electron chi connectivity index (χ3n) is 4.01. The van der Waals surface area contributed by atoms with Crippen LogP contribution in [-0.2, 0) is 4.79 Å². The van der Waals surface area contributed by atoms with Crippen molar-refractivity contribution in [1.29, 1.82) is 0 Å². The van der Waals surface area contributed by atoms with Crippen LogP contribution >= 0.6 is 0 Å². The maximum absolute atomic E-state index is 12.2. The molecular formula is C20H26N2O2. The third-order valence-corrected chi connectivity index (χ3v) is 4.01. The topological polar surface area (TPSA) is 41.6 Å². The summed E-state index contributed by atoms with van der Waals surface area (Å²) >= 11 is 0. The van der Waals surface area contributed by atoms with Gasteiger partial charge in [-0.1, -0.05) is 32.0 Å². The fourth-order valence-electron chi connectivity index (χ4n) is 2.63. The summed E-state index contributed by atoms with van der Waals surface area (Å²) in [5.74, 6) is 1.59. The fourth-order valence-corrected chi connectivity index (χ4v) is 2.63. The van der Waals surface area contributed by atoms with Crippen LogP contribution in [0.15, 0.2) is 42.5 Å². The summed E-state index contributed by atoms with van der Waals surface area (Å²) in [6.07, 6.45) is 0. The quantitative estimate of drug-likeness (QED) is 0.821. The molecule has 0 bridgehead atoms. The van der Waals surface area contributed by atoms with Crippen molar-refractivity contribution in [2.24, 2.45) is 0 Å². The molecule has 2 rings (SSSR count). The van der Waals surface area contributed by atoms with Gasteiger partial charge in [0.05, 0.1) is 6.54 Å². The number of nitrogens with zero attached hydrogens (tertiary/aromatic N) is 1. The Labute approximate surface area is 144 Å². The smallest absolute Gasteiger partial charge is 0.238 e. The summed E-state index contributed by atoms with van der Waals surface area (Å²) < 4.78 is 5.88. The molecule has 0 aliphatic heterocycles. The second kappa shape index (κ2) is 8.50.